The monoisotopic (exact) mass is 414 g/mol. The number of morpholine rings is 1. The molecule has 8 heteroatoms. The largest absolute Gasteiger partial charge is 0.378 e. The molecule has 1 aliphatic rings. The molecule has 1 aromatic heterocycles. The summed E-state index contributed by atoms with van der Waals surface area (Å²) in [7, 11) is 0. The first-order chi connectivity index (χ1) is 14.0. The second kappa shape index (κ2) is 9.72. The average Bonchev–Trinajstić information content (AvgIpc) is 2.73. The summed E-state index contributed by atoms with van der Waals surface area (Å²) >= 11 is 1.53. The van der Waals surface area contributed by atoms with E-state index >= 15 is 0 Å². The van der Waals surface area contributed by atoms with Gasteiger partial charge in [0.05, 0.1) is 24.3 Å². The molecule has 1 saturated heterocycles. The fourth-order valence-electron chi connectivity index (χ4n) is 3.13. The molecule has 0 bridgehead atoms. The van der Waals surface area contributed by atoms with Crippen LogP contribution in [0.25, 0.3) is 0 Å². The maximum atomic E-state index is 13.8. The third-order valence-electron chi connectivity index (χ3n) is 4.62. The number of aromatic nitrogens is 1. The fraction of sp³-hybridized carbons (Fsp3) is 0.381. The Bertz CT molecular complexity index is 939. The molecule has 1 aliphatic heterocycles. The third kappa shape index (κ3) is 5.05. The van der Waals surface area contributed by atoms with Crippen molar-refractivity contribution in [3.05, 3.63) is 52.3 Å². The number of thioether (sulfide) groups is 1. The molecule has 0 spiro atoms. The minimum absolute atomic E-state index is 0.0135. The molecule has 3 rings (SSSR count). The van der Waals surface area contributed by atoms with E-state index in [1.165, 1.54) is 23.9 Å². The van der Waals surface area contributed by atoms with Crippen molar-refractivity contribution in [1.29, 1.82) is 5.26 Å². The predicted octanol–water partition coefficient (Wildman–Crippen LogP) is 3.28. The van der Waals surface area contributed by atoms with Crippen LogP contribution in [0.2, 0.25) is 0 Å². The molecular weight excluding hydrogens is 391 g/mol. The number of hydrogen-bond acceptors (Lipinski definition) is 6. The summed E-state index contributed by atoms with van der Waals surface area (Å²) in [6, 6.07) is 8.04. The standard InChI is InChI=1S/C21H23FN4O2S/c1-3-29-21-19(14(2)10-18(25-21)26-6-8-28-9-7-26)20(27)24-13-15-4-5-16(12-23)17(22)11-15/h4-5,10-11H,3,6-9,13H2,1-2H3,(H,24,27). The Kier molecular flexibility index (Phi) is 7.07. The van der Waals surface area contributed by atoms with Gasteiger partial charge in [0.15, 0.2) is 0 Å². The van der Waals surface area contributed by atoms with Crippen LogP contribution in [-0.4, -0.2) is 42.9 Å². The molecule has 0 unspecified atom stereocenters. The SMILES string of the molecule is CCSc1nc(N2CCOCC2)cc(C)c1C(=O)NCc1ccc(C#N)c(F)c1. The molecule has 6 nitrogen and oxygen atoms in total. The number of rotatable bonds is 6. The van der Waals surface area contributed by atoms with Gasteiger partial charge in [-0.25, -0.2) is 9.37 Å². The lowest BCUT2D eigenvalue weighted by atomic mass is 10.1. The Morgan fingerprint density at radius 1 is 1.38 bits per heavy atom. The molecule has 2 heterocycles. The van der Waals surface area contributed by atoms with Gasteiger partial charge in [-0.2, -0.15) is 5.26 Å². The van der Waals surface area contributed by atoms with Crippen molar-refractivity contribution < 1.29 is 13.9 Å². The maximum Gasteiger partial charge on any atom is 0.254 e. The van der Waals surface area contributed by atoms with E-state index in [9.17, 15) is 9.18 Å². The van der Waals surface area contributed by atoms with E-state index in [2.05, 4.69) is 10.2 Å². The summed E-state index contributed by atoms with van der Waals surface area (Å²) in [6.45, 7) is 6.98. The van der Waals surface area contributed by atoms with Gasteiger partial charge >= 0.3 is 0 Å². The number of halogens is 1. The second-order valence-corrected chi connectivity index (χ2v) is 7.87. The van der Waals surface area contributed by atoms with Gasteiger partial charge in [0.1, 0.15) is 22.7 Å². The van der Waals surface area contributed by atoms with Gasteiger partial charge in [0, 0.05) is 19.6 Å². The van der Waals surface area contributed by atoms with Crippen LogP contribution in [0.15, 0.2) is 29.3 Å². The van der Waals surface area contributed by atoms with Crippen LogP contribution in [0.1, 0.15) is 34.0 Å². The summed E-state index contributed by atoms with van der Waals surface area (Å²) in [5.41, 5.74) is 1.97. The van der Waals surface area contributed by atoms with Gasteiger partial charge < -0.3 is 15.0 Å². The summed E-state index contributed by atoms with van der Waals surface area (Å²) in [5, 5.41) is 12.4. The number of hydrogen-bond donors (Lipinski definition) is 1. The van der Waals surface area contributed by atoms with Gasteiger partial charge in [-0.3, -0.25) is 4.79 Å². The molecule has 0 radical (unpaired) electrons. The second-order valence-electron chi connectivity index (χ2n) is 6.62. The number of nitrogens with one attached hydrogen (secondary N) is 1. The zero-order valence-corrected chi connectivity index (χ0v) is 17.3. The van der Waals surface area contributed by atoms with E-state index in [0.29, 0.717) is 29.4 Å². The highest BCUT2D eigenvalue weighted by atomic mass is 32.2. The van der Waals surface area contributed by atoms with Crippen molar-refractivity contribution in [2.75, 3.05) is 37.0 Å². The van der Waals surface area contributed by atoms with E-state index < -0.39 is 5.82 Å². The van der Waals surface area contributed by atoms with Gasteiger partial charge in [-0.15, -0.1) is 11.8 Å². The number of nitriles is 1. The summed E-state index contributed by atoms with van der Waals surface area (Å²) in [5.74, 6) is 0.811. The third-order valence-corrected chi connectivity index (χ3v) is 5.48. The number of carbonyl (C=O) groups excluding carboxylic acids is 1. The van der Waals surface area contributed by atoms with Crippen molar-refractivity contribution in [3.63, 3.8) is 0 Å². The van der Waals surface area contributed by atoms with Crippen LogP contribution in [-0.2, 0) is 11.3 Å². The van der Waals surface area contributed by atoms with Crippen molar-refractivity contribution in [2.24, 2.45) is 0 Å². The fourth-order valence-corrected chi connectivity index (χ4v) is 3.96. The lowest BCUT2D eigenvalue weighted by molar-refractivity contribution is 0.0946. The van der Waals surface area contributed by atoms with Gasteiger partial charge in [-0.1, -0.05) is 13.0 Å². The first kappa shape index (κ1) is 21.1. The highest BCUT2D eigenvalue weighted by Gasteiger charge is 2.21. The Balaban J connectivity index is 1.79. The zero-order chi connectivity index (χ0) is 20.8. The lowest BCUT2D eigenvalue weighted by Gasteiger charge is -2.28. The predicted molar refractivity (Wildman–Crippen MR) is 111 cm³/mol. The summed E-state index contributed by atoms with van der Waals surface area (Å²) in [6.07, 6.45) is 0. The molecule has 1 fully saturated rings. The first-order valence-electron chi connectivity index (χ1n) is 9.47. The lowest BCUT2D eigenvalue weighted by Crippen LogP contribution is -2.37. The van der Waals surface area contributed by atoms with Crippen LogP contribution in [0, 0.1) is 24.1 Å². The van der Waals surface area contributed by atoms with E-state index in [1.54, 1.807) is 12.1 Å². The smallest absolute Gasteiger partial charge is 0.254 e. The number of carbonyl (C=O) groups is 1. The Morgan fingerprint density at radius 2 is 2.14 bits per heavy atom. The van der Waals surface area contributed by atoms with Crippen molar-refractivity contribution in [1.82, 2.24) is 10.3 Å². The molecule has 0 aliphatic carbocycles. The molecular formula is C21H23FN4O2S. The molecule has 1 aromatic carbocycles. The van der Waals surface area contributed by atoms with Crippen LogP contribution in [0.3, 0.4) is 0 Å². The Morgan fingerprint density at radius 3 is 2.79 bits per heavy atom. The molecule has 0 atom stereocenters. The number of benzene rings is 1. The average molecular weight is 415 g/mol. The minimum atomic E-state index is -0.589. The molecule has 0 saturated carbocycles. The number of aryl methyl sites for hydroxylation is 1. The number of nitrogens with zero attached hydrogens (tertiary/aromatic N) is 3. The Hall–Kier alpha value is -2.63. The Labute approximate surface area is 174 Å². The molecule has 152 valence electrons. The molecule has 2 aromatic rings. The molecule has 1 N–H and O–H groups in total. The highest BCUT2D eigenvalue weighted by molar-refractivity contribution is 7.99. The van der Waals surface area contributed by atoms with E-state index in [1.807, 2.05) is 19.9 Å². The molecule has 1 amide bonds. The van der Waals surface area contributed by atoms with Gasteiger partial charge in [-0.05, 0) is 42.0 Å². The minimum Gasteiger partial charge on any atom is -0.378 e. The van der Waals surface area contributed by atoms with Crippen molar-refractivity contribution >= 4 is 23.5 Å². The number of amides is 1. The van der Waals surface area contributed by atoms with Crippen LogP contribution in [0.5, 0.6) is 0 Å². The number of ether oxygens (including phenoxy) is 1. The zero-order valence-electron chi connectivity index (χ0n) is 16.5. The number of anilines is 1. The van der Waals surface area contributed by atoms with Crippen LogP contribution >= 0.6 is 11.8 Å². The quantitative estimate of drug-likeness (QED) is 0.731. The van der Waals surface area contributed by atoms with Crippen molar-refractivity contribution in [2.45, 2.75) is 25.4 Å². The summed E-state index contributed by atoms with van der Waals surface area (Å²) in [4.78, 5) is 19.8. The van der Waals surface area contributed by atoms with Gasteiger partial charge in [0.25, 0.3) is 5.91 Å². The summed E-state index contributed by atoms with van der Waals surface area (Å²) < 4.78 is 19.2. The van der Waals surface area contributed by atoms with E-state index in [4.69, 9.17) is 15.0 Å². The van der Waals surface area contributed by atoms with E-state index in [-0.39, 0.29) is 18.0 Å². The maximum absolute atomic E-state index is 13.8. The normalized spacial score (nSPS) is 13.8. The van der Waals surface area contributed by atoms with Gasteiger partial charge in [0.2, 0.25) is 0 Å². The first-order valence-corrected chi connectivity index (χ1v) is 10.5. The van der Waals surface area contributed by atoms with E-state index in [0.717, 1.165) is 30.2 Å². The number of pyridine rings is 1. The molecule has 29 heavy (non-hydrogen) atoms. The highest BCUT2D eigenvalue weighted by Crippen LogP contribution is 2.28. The van der Waals surface area contributed by atoms with Crippen LogP contribution < -0.4 is 10.2 Å². The van der Waals surface area contributed by atoms with Crippen LogP contribution in [0.4, 0.5) is 10.2 Å². The van der Waals surface area contributed by atoms with Crippen molar-refractivity contribution in [3.8, 4) is 6.07 Å². The topological polar surface area (TPSA) is 78.2 Å².